The lowest BCUT2D eigenvalue weighted by molar-refractivity contribution is -0.122. The van der Waals surface area contributed by atoms with Gasteiger partial charge < -0.3 is 5.32 Å². The Morgan fingerprint density at radius 3 is 2.59 bits per heavy atom. The Balaban J connectivity index is 1.82. The average molecular weight is 402 g/mol. The van der Waals surface area contributed by atoms with Gasteiger partial charge in [-0.15, -0.1) is 11.3 Å². The van der Waals surface area contributed by atoms with Crippen LogP contribution in [0.1, 0.15) is 23.4 Å². The highest BCUT2D eigenvalue weighted by molar-refractivity contribution is 9.11. The van der Waals surface area contributed by atoms with Gasteiger partial charge in [0, 0.05) is 16.4 Å². The number of hydrogen-bond acceptors (Lipinski definition) is 3. The second-order valence-corrected chi connectivity index (χ2v) is 8.20. The number of nitrogens with one attached hydrogen (secondary N) is 1. The van der Waals surface area contributed by atoms with Crippen molar-refractivity contribution in [3.8, 4) is 0 Å². The molecule has 0 aliphatic heterocycles. The Bertz CT molecular complexity index is 629. The molecule has 0 saturated heterocycles. The van der Waals surface area contributed by atoms with E-state index in [-0.39, 0.29) is 11.9 Å². The number of rotatable bonds is 6. The van der Waals surface area contributed by atoms with Crippen molar-refractivity contribution < 1.29 is 4.79 Å². The van der Waals surface area contributed by atoms with Crippen LogP contribution >= 0.6 is 38.9 Å². The Morgan fingerprint density at radius 1 is 1.32 bits per heavy atom. The third-order valence-electron chi connectivity index (χ3n) is 3.22. The fraction of sp³-hybridized carbons (Fsp3) is 0.312. The molecule has 0 aliphatic carbocycles. The summed E-state index contributed by atoms with van der Waals surface area (Å²) in [6.45, 7) is 3.10. The third kappa shape index (κ3) is 5.39. The van der Waals surface area contributed by atoms with E-state index in [1.165, 1.54) is 4.88 Å². The minimum Gasteiger partial charge on any atom is -0.348 e. The first-order valence-corrected chi connectivity index (χ1v) is 8.90. The lowest BCUT2D eigenvalue weighted by atomic mass is 10.1. The molecule has 1 amide bonds. The molecule has 1 N–H and O–H groups in total. The van der Waals surface area contributed by atoms with Crippen LogP contribution < -0.4 is 5.32 Å². The van der Waals surface area contributed by atoms with E-state index in [0.717, 1.165) is 15.9 Å². The van der Waals surface area contributed by atoms with Gasteiger partial charge >= 0.3 is 0 Å². The Kier molecular flexibility index (Phi) is 6.44. The first kappa shape index (κ1) is 17.5. The molecule has 1 aromatic heterocycles. The predicted octanol–water partition coefficient (Wildman–Crippen LogP) is 4.47. The topological polar surface area (TPSA) is 32.3 Å². The number of carbonyl (C=O) groups is 1. The van der Waals surface area contributed by atoms with E-state index in [1.54, 1.807) is 11.3 Å². The minimum absolute atomic E-state index is 0.0144. The fourth-order valence-corrected chi connectivity index (χ4v) is 3.82. The van der Waals surface area contributed by atoms with E-state index in [9.17, 15) is 4.79 Å². The predicted molar refractivity (Wildman–Crippen MR) is 96.4 cm³/mol. The van der Waals surface area contributed by atoms with Crippen LogP contribution in [0.3, 0.4) is 0 Å². The Morgan fingerprint density at radius 2 is 2.00 bits per heavy atom. The minimum atomic E-state index is -0.0333. The molecule has 2 rings (SSSR count). The smallest absolute Gasteiger partial charge is 0.234 e. The molecular formula is C16H18BrClN2OS. The van der Waals surface area contributed by atoms with Gasteiger partial charge in [-0.05, 0) is 59.7 Å². The highest BCUT2D eigenvalue weighted by atomic mass is 79.9. The Labute approximate surface area is 148 Å². The molecular weight excluding hydrogens is 384 g/mol. The van der Waals surface area contributed by atoms with E-state index < -0.39 is 0 Å². The van der Waals surface area contributed by atoms with E-state index in [4.69, 9.17) is 11.6 Å². The molecule has 0 spiro atoms. The van der Waals surface area contributed by atoms with Crippen LogP contribution in [-0.4, -0.2) is 24.4 Å². The summed E-state index contributed by atoms with van der Waals surface area (Å²) in [7, 11) is 1.94. The standard InChI is InChI=1S/C16H18BrClN2OS/c1-11(12-3-5-13(18)6-4-12)19-16(21)10-20(2)9-14-7-8-15(17)22-14/h3-8,11H,9-10H2,1-2H3,(H,19,21). The van der Waals surface area contributed by atoms with Gasteiger partial charge in [-0.1, -0.05) is 23.7 Å². The number of halogens is 2. The van der Waals surface area contributed by atoms with Gasteiger partial charge in [0.1, 0.15) is 0 Å². The second kappa shape index (κ2) is 8.11. The zero-order valence-electron chi connectivity index (χ0n) is 12.5. The van der Waals surface area contributed by atoms with Crippen molar-refractivity contribution >= 4 is 44.8 Å². The molecule has 6 heteroatoms. The molecule has 0 aliphatic rings. The van der Waals surface area contributed by atoms with Crippen molar-refractivity contribution in [3.63, 3.8) is 0 Å². The molecule has 1 aromatic carbocycles. The zero-order chi connectivity index (χ0) is 16.1. The van der Waals surface area contributed by atoms with Crippen molar-refractivity contribution in [2.45, 2.75) is 19.5 Å². The molecule has 2 aromatic rings. The normalized spacial score (nSPS) is 12.4. The quantitative estimate of drug-likeness (QED) is 0.774. The summed E-state index contributed by atoms with van der Waals surface area (Å²) >= 11 is 11.0. The number of likely N-dealkylation sites (N-methyl/N-ethyl adjacent to an activating group) is 1. The summed E-state index contributed by atoms with van der Waals surface area (Å²) in [6.07, 6.45) is 0. The van der Waals surface area contributed by atoms with Crippen LogP contribution in [0.15, 0.2) is 40.2 Å². The first-order valence-electron chi connectivity index (χ1n) is 6.91. The van der Waals surface area contributed by atoms with Crippen molar-refractivity contribution in [1.82, 2.24) is 10.2 Å². The summed E-state index contributed by atoms with van der Waals surface area (Å²) in [6, 6.07) is 11.6. The molecule has 0 fully saturated rings. The highest BCUT2D eigenvalue weighted by Gasteiger charge is 2.12. The van der Waals surface area contributed by atoms with E-state index >= 15 is 0 Å². The zero-order valence-corrected chi connectivity index (χ0v) is 15.6. The largest absolute Gasteiger partial charge is 0.348 e. The van der Waals surface area contributed by atoms with Crippen LogP contribution in [0, 0.1) is 0 Å². The summed E-state index contributed by atoms with van der Waals surface area (Å²) in [5, 5.41) is 3.71. The number of thiophene rings is 1. The van der Waals surface area contributed by atoms with E-state index in [2.05, 4.69) is 27.3 Å². The summed E-state index contributed by atoms with van der Waals surface area (Å²) in [5.74, 6) is 0.0144. The maximum Gasteiger partial charge on any atom is 0.234 e. The molecule has 1 heterocycles. The van der Waals surface area contributed by atoms with Crippen molar-refractivity contribution in [1.29, 1.82) is 0 Å². The first-order chi connectivity index (χ1) is 10.4. The van der Waals surface area contributed by atoms with Crippen LogP contribution in [0.4, 0.5) is 0 Å². The second-order valence-electron chi connectivity index (χ2n) is 5.22. The fourth-order valence-electron chi connectivity index (χ4n) is 2.13. The van der Waals surface area contributed by atoms with Gasteiger partial charge in [0.2, 0.25) is 5.91 Å². The average Bonchev–Trinajstić information content (AvgIpc) is 2.84. The van der Waals surface area contributed by atoms with Crippen LogP contribution in [-0.2, 0) is 11.3 Å². The SMILES string of the molecule is CC(NC(=O)CN(C)Cc1ccc(Br)s1)c1ccc(Cl)cc1. The van der Waals surface area contributed by atoms with Crippen LogP contribution in [0.2, 0.25) is 5.02 Å². The van der Waals surface area contributed by atoms with Gasteiger partial charge in [0.05, 0.1) is 16.4 Å². The van der Waals surface area contributed by atoms with Crippen molar-refractivity contribution in [3.05, 3.63) is 55.6 Å². The maximum atomic E-state index is 12.1. The highest BCUT2D eigenvalue weighted by Crippen LogP contribution is 2.23. The van der Waals surface area contributed by atoms with E-state index in [1.807, 2.05) is 49.2 Å². The lowest BCUT2D eigenvalue weighted by Gasteiger charge is -2.18. The Hall–Kier alpha value is -0.880. The molecule has 3 nitrogen and oxygen atoms in total. The van der Waals surface area contributed by atoms with Crippen LogP contribution in [0.25, 0.3) is 0 Å². The maximum absolute atomic E-state index is 12.1. The number of carbonyl (C=O) groups excluding carboxylic acids is 1. The van der Waals surface area contributed by atoms with Gasteiger partial charge in [0.25, 0.3) is 0 Å². The van der Waals surface area contributed by atoms with Crippen molar-refractivity contribution in [2.24, 2.45) is 0 Å². The van der Waals surface area contributed by atoms with Gasteiger partial charge in [-0.2, -0.15) is 0 Å². The molecule has 0 bridgehead atoms. The number of benzene rings is 1. The summed E-state index contributed by atoms with van der Waals surface area (Å²) in [5.41, 5.74) is 1.04. The molecule has 118 valence electrons. The van der Waals surface area contributed by atoms with Gasteiger partial charge in [0.15, 0.2) is 0 Å². The molecule has 1 unspecified atom stereocenters. The van der Waals surface area contributed by atoms with Gasteiger partial charge in [-0.25, -0.2) is 0 Å². The van der Waals surface area contributed by atoms with Crippen LogP contribution in [0.5, 0.6) is 0 Å². The molecule has 0 saturated carbocycles. The lowest BCUT2D eigenvalue weighted by Crippen LogP contribution is -2.36. The number of hydrogen-bond donors (Lipinski definition) is 1. The van der Waals surface area contributed by atoms with Crippen molar-refractivity contribution in [2.75, 3.05) is 13.6 Å². The summed E-state index contributed by atoms with van der Waals surface area (Å²) in [4.78, 5) is 15.3. The molecule has 22 heavy (non-hydrogen) atoms. The molecule has 0 radical (unpaired) electrons. The van der Waals surface area contributed by atoms with Gasteiger partial charge in [-0.3, -0.25) is 9.69 Å². The monoisotopic (exact) mass is 400 g/mol. The number of amides is 1. The third-order valence-corrected chi connectivity index (χ3v) is 5.08. The number of nitrogens with zero attached hydrogens (tertiary/aromatic N) is 1. The molecule has 1 atom stereocenters. The van der Waals surface area contributed by atoms with E-state index in [0.29, 0.717) is 11.6 Å². The summed E-state index contributed by atoms with van der Waals surface area (Å²) < 4.78 is 1.11.